The Labute approximate surface area is 239 Å². The first-order valence-corrected chi connectivity index (χ1v) is 15.1. The zero-order valence-corrected chi connectivity index (χ0v) is 27.0. The van der Waals surface area contributed by atoms with Crippen molar-refractivity contribution in [2.24, 2.45) is 23.7 Å². The molecule has 4 heteroatoms. The third-order valence-corrected chi connectivity index (χ3v) is 8.61. The van der Waals surface area contributed by atoms with Crippen molar-refractivity contribution >= 4 is 0 Å². The maximum absolute atomic E-state index is 2.78. The van der Waals surface area contributed by atoms with Gasteiger partial charge in [0, 0.05) is 0 Å². The molecule has 0 aliphatic heterocycles. The third-order valence-electron chi connectivity index (χ3n) is 7.71. The van der Waals surface area contributed by atoms with Crippen LogP contribution in [0.15, 0.2) is 20.6 Å². The largest absolute Gasteiger partial charge is 1.00 e. The first-order valence-electron chi connectivity index (χ1n) is 14.3. The van der Waals surface area contributed by atoms with Crippen LogP contribution in [0.4, 0.5) is 0 Å². The van der Waals surface area contributed by atoms with E-state index in [4.69, 9.17) is 0 Å². The van der Waals surface area contributed by atoms with Crippen LogP contribution in [0.3, 0.4) is 0 Å². The molecule has 0 aromatic carbocycles. The van der Waals surface area contributed by atoms with Crippen LogP contribution in [0, 0.1) is 23.7 Å². The minimum absolute atomic E-state index is 0. The van der Waals surface area contributed by atoms with Crippen molar-refractivity contribution in [2.45, 2.75) is 126 Å². The maximum Gasteiger partial charge on any atom is -1.00 e. The van der Waals surface area contributed by atoms with Gasteiger partial charge in [0.25, 0.3) is 0 Å². The number of rotatable bonds is 18. The number of hydrogen-bond acceptors (Lipinski definition) is 1. The van der Waals surface area contributed by atoms with Crippen LogP contribution in [0.1, 0.15) is 126 Å². The molecular weight excluding hydrogens is 493 g/mol. The van der Waals surface area contributed by atoms with Crippen molar-refractivity contribution in [2.75, 3.05) is 19.6 Å². The minimum atomic E-state index is 0. The zero-order chi connectivity index (χ0) is 24.1. The second-order valence-corrected chi connectivity index (χ2v) is 11.5. The van der Waals surface area contributed by atoms with Gasteiger partial charge in [0.15, 0.2) is 0 Å². The molecule has 0 saturated heterocycles. The monoisotopic (exact) mass is 548 g/mol. The number of nitrogens with zero attached hydrogens (tertiary/aromatic N) is 1. The predicted molar refractivity (Wildman–Crippen MR) is 141 cm³/mol. The van der Waals surface area contributed by atoms with Gasteiger partial charge in [0.2, 0.25) is 0 Å². The van der Waals surface area contributed by atoms with Crippen molar-refractivity contribution in [1.29, 1.82) is 0 Å². The van der Waals surface area contributed by atoms with E-state index in [1.165, 1.54) is 90.3 Å². The molecule has 1 nitrogen and oxygen atoms in total. The van der Waals surface area contributed by atoms with Crippen LogP contribution in [0.5, 0.6) is 0 Å². The Kier molecular flexibility index (Phi) is 22.5. The molecule has 0 fully saturated rings. The Hall–Kier alpha value is 0.734. The van der Waals surface area contributed by atoms with E-state index in [-0.39, 0.29) is 24.8 Å². The Bertz CT molecular complexity index is 578. The SMILES string of the molecule is CCCCN(CCCC)CCC1=C(C(C)CCC)C(C(C)CCC)=[C]([Ti+2])C1C(C)CCC.[Cl-].[Cl-]. The Morgan fingerprint density at radius 1 is 0.676 bits per heavy atom. The van der Waals surface area contributed by atoms with Crippen molar-refractivity contribution in [3.05, 3.63) is 20.6 Å². The molecule has 0 aromatic rings. The van der Waals surface area contributed by atoms with E-state index < -0.39 is 0 Å². The Morgan fingerprint density at radius 3 is 1.59 bits per heavy atom. The molecule has 0 aromatic heterocycles. The fraction of sp³-hybridized carbons (Fsp3) is 0.867. The van der Waals surface area contributed by atoms with Crippen LogP contribution in [0.25, 0.3) is 0 Å². The van der Waals surface area contributed by atoms with Gasteiger partial charge in [-0.1, -0.05) is 0 Å². The first kappa shape index (κ1) is 36.9. The summed E-state index contributed by atoms with van der Waals surface area (Å²) in [6.07, 6.45) is 14.5. The van der Waals surface area contributed by atoms with Gasteiger partial charge in [-0.25, -0.2) is 0 Å². The van der Waals surface area contributed by atoms with Crippen molar-refractivity contribution in [3.8, 4) is 0 Å². The van der Waals surface area contributed by atoms with Crippen molar-refractivity contribution < 1.29 is 45.2 Å². The van der Waals surface area contributed by atoms with E-state index in [1.54, 1.807) is 9.45 Å². The molecule has 1 aliphatic carbocycles. The van der Waals surface area contributed by atoms with Crippen LogP contribution in [-0.2, 0) is 20.4 Å². The Balaban J connectivity index is 0. The molecule has 0 bridgehead atoms. The maximum atomic E-state index is 2.78. The summed E-state index contributed by atoms with van der Waals surface area (Å²) in [4.78, 5) is 2.78. The molecular formula is C30H56Cl2NTi. The molecule has 1 aliphatic rings. The quantitative estimate of drug-likeness (QED) is 0.237. The first-order chi connectivity index (χ1) is 15.4. The molecule has 199 valence electrons. The van der Waals surface area contributed by atoms with Gasteiger partial charge in [0.1, 0.15) is 0 Å². The fourth-order valence-electron chi connectivity index (χ4n) is 6.01. The predicted octanol–water partition coefficient (Wildman–Crippen LogP) is 3.32. The molecule has 0 N–H and O–H groups in total. The van der Waals surface area contributed by atoms with E-state index in [0.29, 0.717) is 17.8 Å². The second-order valence-electron chi connectivity index (χ2n) is 10.7. The molecule has 1 rings (SSSR count). The van der Waals surface area contributed by atoms with Gasteiger partial charge >= 0.3 is 215 Å². The molecule has 4 unspecified atom stereocenters. The Morgan fingerprint density at radius 2 is 1.15 bits per heavy atom. The van der Waals surface area contributed by atoms with Crippen LogP contribution < -0.4 is 24.8 Å². The summed E-state index contributed by atoms with van der Waals surface area (Å²) in [7, 11) is 0. The fourth-order valence-corrected chi connectivity index (χ4v) is 7.32. The van der Waals surface area contributed by atoms with Gasteiger partial charge in [-0.15, -0.1) is 0 Å². The number of allylic oxidation sites excluding steroid dienone is 3. The van der Waals surface area contributed by atoms with Gasteiger partial charge in [-0.2, -0.15) is 0 Å². The molecule has 34 heavy (non-hydrogen) atoms. The summed E-state index contributed by atoms with van der Waals surface area (Å²) < 4.78 is 1.74. The van der Waals surface area contributed by atoms with E-state index >= 15 is 0 Å². The van der Waals surface area contributed by atoms with Gasteiger partial charge in [-0.05, 0) is 0 Å². The van der Waals surface area contributed by atoms with Crippen molar-refractivity contribution in [3.63, 3.8) is 0 Å². The number of hydrogen-bond donors (Lipinski definition) is 0. The van der Waals surface area contributed by atoms with E-state index in [1.807, 2.05) is 11.1 Å². The molecule has 0 radical (unpaired) electrons. The van der Waals surface area contributed by atoms with Crippen LogP contribution in [-0.4, -0.2) is 24.5 Å². The molecule has 0 heterocycles. The van der Waals surface area contributed by atoms with E-state index in [0.717, 1.165) is 5.92 Å². The van der Waals surface area contributed by atoms with E-state index in [9.17, 15) is 0 Å². The third kappa shape index (κ3) is 11.0. The molecule has 0 saturated carbocycles. The summed E-state index contributed by atoms with van der Waals surface area (Å²) in [6, 6.07) is 0. The standard InChI is InChI=1S/C30H56N.2ClH.Ti/c1-9-14-20-31(21-15-10-2)22-19-27-28(24(6)16-11-3)23-29(25(7)17-12-4)30(27)26(8)18-13-5;;;/h24-26,28H,9-22H2,1-8H3;2*1H;/q;;;+2/p-2. The summed E-state index contributed by atoms with van der Waals surface area (Å²) in [5.41, 5.74) is 5.44. The average molecular weight is 550 g/mol. The summed E-state index contributed by atoms with van der Waals surface area (Å²) >= 11 is 2.51. The number of halogens is 2. The molecule has 4 atom stereocenters. The summed E-state index contributed by atoms with van der Waals surface area (Å²) in [5.74, 6) is 2.87. The van der Waals surface area contributed by atoms with Crippen molar-refractivity contribution in [1.82, 2.24) is 4.90 Å². The van der Waals surface area contributed by atoms with Gasteiger partial charge in [0.05, 0.1) is 0 Å². The average Bonchev–Trinajstić information content (AvgIpc) is 3.06. The normalized spacial score (nSPS) is 18.7. The topological polar surface area (TPSA) is 3.24 Å². The van der Waals surface area contributed by atoms with Gasteiger partial charge < -0.3 is 24.8 Å². The minimum Gasteiger partial charge on any atom is -1.00 e. The summed E-state index contributed by atoms with van der Waals surface area (Å²) in [6.45, 7) is 23.2. The van der Waals surface area contributed by atoms with Crippen LogP contribution >= 0.6 is 0 Å². The summed E-state index contributed by atoms with van der Waals surface area (Å²) in [5, 5.41) is 0. The number of unbranched alkanes of at least 4 members (excludes halogenated alkanes) is 2. The smallest absolute Gasteiger partial charge is 1.00 e. The second kappa shape index (κ2) is 20.8. The van der Waals surface area contributed by atoms with Gasteiger partial charge in [-0.3, -0.25) is 0 Å². The van der Waals surface area contributed by atoms with E-state index in [2.05, 4.69) is 80.7 Å². The molecule has 0 spiro atoms. The zero-order valence-electron chi connectivity index (χ0n) is 23.9. The van der Waals surface area contributed by atoms with Crippen LogP contribution in [0.2, 0.25) is 0 Å². The molecule has 0 amide bonds.